The Labute approximate surface area is 139 Å². The van der Waals surface area contributed by atoms with Crippen molar-refractivity contribution in [2.45, 2.75) is 19.9 Å². The summed E-state index contributed by atoms with van der Waals surface area (Å²) >= 11 is 1.69. The van der Waals surface area contributed by atoms with Crippen molar-refractivity contribution >= 4 is 29.5 Å². The Morgan fingerprint density at radius 3 is 2.96 bits per heavy atom. The van der Waals surface area contributed by atoms with Crippen LogP contribution in [0.25, 0.3) is 0 Å². The average molecular weight is 336 g/mol. The fourth-order valence-electron chi connectivity index (χ4n) is 2.46. The van der Waals surface area contributed by atoms with Crippen LogP contribution in [0, 0.1) is 5.92 Å². The van der Waals surface area contributed by atoms with Crippen molar-refractivity contribution in [1.29, 1.82) is 0 Å². The van der Waals surface area contributed by atoms with Gasteiger partial charge in [0.15, 0.2) is 0 Å². The Balaban J connectivity index is 2.19. The first kappa shape index (κ1) is 17.3. The molecule has 2 unspecified atom stereocenters. The predicted molar refractivity (Wildman–Crippen MR) is 89.9 cm³/mol. The van der Waals surface area contributed by atoms with Crippen molar-refractivity contribution in [3.63, 3.8) is 0 Å². The summed E-state index contributed by atoms with van der Waals surface area (Å²) in [4.78, 5) is 27.9. The molecule has 0 aliphatic carbocycles. The van der Waals surface area contributed by atoms with Crippen molar-refractivity contribution in [1.82, 2.24) is 5.32 Å². The molecule has 1 aliphatic rings. The number of rotatable bonds is 6. The predicted octanol–water partition coefficient (Wildman–Crippen LogP) is 2.53. The van der Waals surface area contributed by atoms with E-state index in [4.69, 9.17) is 4.74 Å². The van der Waals surface area contributed by atoms with Gasteiger partial charge in [-0.2, -0.15) is 11.8 Å². The molecule has 6 nitrogen and oxygen atoms in total. The SMILES string of the molecule is CCSCCOC(=O)C1C(C)=NC(=O)NC1c1cccc(O)c1. The zero-order valence-electron chi connectivity index (χ0n) is 13.1. The van der Waals surface area contributed by atoms with Gasteiger partial charge in [-0.15, -0.1) is 0 Å². The minimum atomic E-state index is -0.693. The van der Waals surface area contributed by atoms with Crippen LogP contribution in [-0.2, 0) is 9.53 Å². The van der Waals surface area contributed by atoms with Crippen LogP contribution < -0.4 is 5.32 Å². The van der Waals surface area contributed by atoms with Crippen LogP contribution in [0.1, 0.15) is 25.5 Å². The molecule has 2 atom stereocenters. The number of aliphatic imine (C=N–C) groups is 1. The lowest BCUT2D eigenvalue weighted by atomic mass is 9.88. The number of thioether (sulfide) groups is 1. The molecule has 1 heterocycles. The summed E-state index contributed by atoms with van der Waals surface area (Å²) in [5, 5.41) is 12.3. The first-order valence-electron chi connectivity index (χ1n) is 7.42. The lowest BCUT2D eigenvalue weighted by molar-refractivity contribution is -0.146. The van der Waals surface area contributed by atoms with Gasteiger partial charge in [-0.05, 0) is 30.4 Å². The number of phenols is 1. The number of esters is 1. The van der Waals surface area contributed by atoms with Gasteiger partial charge < -0.3 is 15.2 Å². The number of carbonyl (C=O) groups excluding carboxylic acids is 2. The number of hydrogen-bond acceptors (Lipinski definition) is 5. The van der Waals surface area contributed by atoms with E-state index in [1.165, 1.54) is 12.1 Å². The minimum Gasteiger partial charge on any atom is -0.508 e. The number of hydrogen-bond donors (Lipinski definition) is 2. The maximum atomic E-state index is 12.4. The van der Waals surface area contributed by atoms with Crippen LogP contribution >= 0.6 is 11.8 Å². The highest BCUT2D eigenvalue weighted by molar-refractivity contribution is 7.99. The number of amides is 2. The van der Waals surface area contributed by atoms with E-state index in [0.717, 1.165) is 11.5 Å². The fraction of sp³-hybridized carbons (Fsp3) is 0.438. The van der Waals surface area contributed by atoms with Gasteiger partial charge in [0.2, 0.25) is 0 Å². The number of nitrogens with zero attached hydrogens (tertiary/aromatic N) is 1. The Hall–Kier alpha value is -2.02. The lowest BCUT2D eigenvalue weighted by Crippen LogP contribution is -2.44. The van der Waals surface area contributed by atoms with Crippen LogP contribution in [0.15, 0.2) is 29.3 Å². The molecule has 124 valence electrons. The van der Waals surface area contributed by atoms with Gasteiger partial charge in [0.05, 0.1) is 6.04 Å². The molecule has 2 rings (SSSR count). The van der Waals surface area contributed by atoms with Gasteiger partial charge in [0, 0.05) is 11.5 Å². The number of nitrogens with one attached hydrogen (secondary N) is 1. The molecule has 2 N–H and O–H groups in total. The topological polar surface area (TPSA) is 88.0 Å². The molecule has 1 aliphatic heterocycles. The van der Waals surface area contributed by atoms with Crippen LogP contribution in [0.5, 0.6) is 5.75 Å². The summed E-state index contributed by atoms with van der Waals surface area (Å²) in [6.45, 7) is 4.00. The Morgan fingerprint density at radius 1 is 1.48 bits per heavy atom. The minimum absolute atomic E-state index is 0.0726. The number of ether oxygens (including phenoxy) is 1. The van der Waals surface area contributed by atoms with E-state index in [9.17, 15) is 14.7 Å². The van der Waals surface area contributed by atoms with Crippen molar-refractivity contribution in [3.8, 4) is 5.75 Å². The third-order valence-electron chi connectivity index (χ3n) is 3.50. The molecule has 1 aromatic carbocycles. The van der Waals surface area contributed by atoms with Crippen LogP contribution in [0.2, 0.25) is 0 Å². The molecule has 0 bridgehead atoms. The Bertz CT molecular complexity index is 618. The third kappa shape index (κ3) is 4.48. The van der Waals surface area contributed by atoms with Gasteiger partial charge in [-0.1, -0.05) is 19.1 Å². The molecule has 7 heteroatoms. The number of aromatic hydroxyl groups is 1. The van der Waals surface area contributed by atoms with Gasteiger partial charge >= 0.3 is 12.0 Å². The van der Waals surface area contributed by atoms with Crippen molar-refractivity contribution < 1.29 is 19.4 Å². The molecular weight excluding hydrogens is 316 g/mol. The standard InChI is InChI=1S/C16H20N2O4S/c1-3-23-8-7-22-15(20)13-10(2)17-16(21)18-14(13)11-5-4-6-12(19)9-11/h4-6,9,13-14,19H,3,7-8H2,1-2H3,(H,18,21). The molecule has 0 aromatic heterocycles. The highest BCUT2D eigenvalue weighted by Crippen LogP contribution is 2.29. The van der Waals surface area contributed by atoms with Gasteiger partial charge in [0.1, 0.15) is 18.3 Å². The van der Waals surface area contributed by atoms with Crippen LogP contribution in [0.3, 0.4) is 0 Å². The quantitative estimate of drug-likeness (QED) is 0.616. The maximum Gasteiger partial charge on any atom is 0.341 e. The first-order valence-corrected chi connectivity index (χ1v) is 8.57. The number of benzene rings is 1. The van der Waals surface area contributed by atoms with Crippen LogP contribution in [0.4, 0.5) is 4.79 Å². The summed E-state index contributed by atoms with van der Waals surface area (Å²) < 4.78 is 5.32. The summed E-state index contributed by atoms with van der Waals surface area (Å²) in [5.41, 5.74) is 1.05. The third-order valence-corrected chi connectivity index (χ3v) is 4.36. The molecule has 0 saturated heterocycles. The molecular formula is C16H20N2O4S. The smallest absolute Gasteiger partial charge is 0.341 e. The van der Waals surface area contributed by atoms with Gasteiger partial charge in [-0.25, -0.2) is 9.79 Å². The molecule has 0 spiro atoms. The highest BCUT2D eigenvalue weighted by atomic mass is 32.2. The average Bonchev–Trinajstić information content (AvgIpc) is 2.50. The fourth-order valence-corrected chi connectivity index (χ4v) is 2.95. The lowest BCUT2D eigenvalue weighted by Gasteiger charge is -2.29. The van der Waals surface area contributed by atoms with Crippen LogP contribution in [-0.4, -0.2) is 40.9 Å². The summed E-state index contributed by atoms with van der Waals surface area (Å²) in [5.74, 6) is 0.651. The second-order valence-corrected chi connectivity index (χ2v) is 6.51. The van der Waals surface area contributed by atoms with Crippen molar-refractivity contribution in [2.75, 3.05) is 18.1 Å². The molecule has 2 amide bonds. The van der Waals surface area contributed by atoms with E-state index in [2.05, 4.69) is 10.3 Å². The van der Waals surface area contributed by atoms with E-state index >= 15 is 0 Å². The van der Waals surface area contributed by atoms with Crippen molar-refractivity contribution in [2.24, 2.45) is 10.9 Å². The molecule has 0 saturated carbocycles. The summed E-state index contributed by atoms with van der Waals surface area (Å²) in [6, 6.07) is 5.37. The van der Waals surface area contributed by atoms with E-state index in [-0.39, 0.29) is 5.75 Å². The van der Waals surface area contributed by atoms with E-state index in [1.807, 2.05) is 6.92 Å². The monoisotopic (exact) mass is 336 g/mol. The second kappa shape index (κ2) is 8.01. The Kier molecular flexibility index (Phi) is 6.04. The molecule has 1 aromatic rings. The zero-order chi connectivity index (χ0) is 16.8. The number of phenolic OH excluding ortho intramolecular Hbond substituents is 1. The largest absolute Gasteiger partial charge is 0.508 e. The molecule has 0 fully saturated rings. The second-order valence-electron chi connectivity index (χ2n) is 5.12. The van der Waals surface area contributed by atoms with Gasteiger partial charge in [-0.3, -0.25) is 4.79 Å². The number of urea groups is 1. The normalized spacial score (nSPS) is 20.6. The van der Waals surface area contributed by atoms with Crippen molar-refractivity contribution in [3.05, 3.63) is 29.8 Å². The zero-order valence-corrected chi connectivity index (χ0v) is 13.9. The van der Waals surface area contributed by atoms with E-state index < -0.39 is 24.0 Å². The maximum absolute atomic E-state index is 12.4. The molecule has 23 heavy (non-hydrogen) atoms. The number of carbonyl (C=O) groups is 2. The highest BCUT2D eigenvalue weighted by Gasteiger charge is 2.38. The van der Waals surface area contributed by atoms with E-state index in [0.29, 0.717) is 17.9 Å². The molecule has 0 radical (unpaired) electrons. The van der Waals surface area contributed by atoms with Gasteiger partial charge in [0.25, 0.3) is 0 Å². The first-order chi connectivity index (χ1) is 11.0. The Morgan fingerprint density at radius 2 is 2.26 bits per heavy atom. The summed E-state index contributed by atoms with van der Waals surface area (Å²) in [7, 11) is 0. The van der Waals surface area contributed by atoms with E-state index in [1.54, 1.807) is 30.8 Å². The summed E-state index contributed by atoms with van der Waals surface area (Å²) in [6.07, 6.45) is 0.